The number of fused-ring (bicyclic) bond motifs is 1. The Kier molecular flexibility index (Phi) is 8.24. The number of nitrogens with zero attached hydrogens (tertiary/aromatic N) is 2. The summed E-state index contributed by atoms with van der Waals surface area (Å²) in [6.07, 6.45) is 1.22. The first-order chi connectivity index (χ1) is 15.5. The van der Waals surface area contributed by atoms with Gasteiger partial charge in [-0.3, -0.25) is 5.32 Å². The second-order valence-corrected chi connectivity index (χ2v) is 7.57. The Hall–Kier alpha value is -3.36. The third kappa shape index (κ3) is 6.32. The molecule has 168 valence electrons. The molecule has 9 heteroatoms. The second-order valence-electron chi connectivity index (χ2n) is 7.17. The van der Waals surface area contributed by atoms with E-state index in [1.807, 2.05) is 42.5 Å². The molecule has 0 fully saturated rings. The lowest BCUT2D eigenvalue weighted by Crippen LogP contribution is -2.46. The predicted molar refractivity (Wildman–Crippen MR) is 124 cm³/mol. The number of hydrogen-bond acceptors (Lipinski definition) is 5. The van der Waals surface area contributed by atoms with E-state index >= 15 is 0 Å². The molecule has 1 aromatic heterocycles. The van der Waals surface area contributed by atoms with Gasteiger partial charge in [-0.15, -0.1) is 0 Å². The largest absolute Gasteiger partial charge is 0.447 e. The number of halogens is 1. The third-order valence-electron chi connectivity index (χ3n) is 4.99. The van der Waals surface area contributed by atoms with Gasteiger partial charge in [0.1, 0.15) is 12.4 Å². The van der Waals surface area contributed by atoms with E-state index in [1.54, 1.807) is 25.4 Å². The maximum absolute atomic E-state index is 12.5. The highest BCUT2D eigenvalue weighted by molar-refractivity contribution is 6.31. The molecule has 0 aliphatic heterocycles. The first kappa shape index (κ1) is 23.3. The molecule has 0 saturated heterocycles. The number of ether oxygens (including phenoxy) is 1. The maximum atomic E-state index is 12.5. The summed E-state index contributed by atoms with van der Waals surface area (Å²) in [5.41, 5.74) is 0.785. The molecule has 32 heavy (non-hydrogen) atoms. The van der Waals surface area contributed by atoms with E-state index in [4.69, 9.17) is 16.3 Å². The number of urea groups is 1. The van der Waals surface area contributed by atoms with Crippen molar-refractivity contribution < 1.29 is 19.4 Å². The SMILES string of the molecule is CN(C(=O)NCc1ccccc1Cl)[C@@H](CCO)COC(=O)Nc1cc2ccccc2cn1. The maximum Gasteiger partial charge on any atom is 0.412 e. The zero-order valence-corrected chi connectivity index (χ0v) is 18.4. The number of aliphatic hydroxyl groups is 1. The van der Waals surface area contributed by atoms with Crippen molar-refractivity contribution in [3.8, 4) is 0 Å². The summed E-state index contributed by atoms with van der Waals surface area (Å²) in [4.78, 5) is 30.4. The molecule has 3 amide bonds. The van der Waals surface area contributed by atoms with Crippen molar-refractivity contribution >= 4 is 40.3 Å². The molecule has 2 aromatic carbocycles. The van der Waals surface area contributed by atoms with Gasteiger partial charge in [0, 0.05) is 36.8 Å². The van der Waals surface area contributed by atoms with Crippen LogP contribution in [0.4, 0.5) is 15.4 Å². The number of carbonyl (C=O) groups excluding carboxylic acids is 2. The lowest BCUT2D eigenvalue weighted by Gasteiger charge is -2.27. The predicted octanol–water partition coefficient (Wildman–Crippen LogP) is 4.03. The van der Waals surface area contributed by atoms with Crippen molar-refractivity contribution in [2.45, 2.75) is 19.0 Å². The lowest BCUT2D eigenvalue weighted by molar-refractivity contribution is 0.104. The minimum atomic E-state index is -0.694. The number of anilines is 1. The van der Waals surface area contributed by atoms with Gasteiger partial charge in [0.2, 0.25) is 0 Å². The number of benzene rings is 2. The molecule has 0 bridgehead atoms. The van der Waals surface area contributed by atoms with Crippen LogP contribution < -0.4 is 10.6 Å². The van der Waals surface area contributed by atoms with E-state index in [-0.39, 0.29) is 32.2 Å². The minimum Gasteiger partial charge on any atom is -0.447 e. The average Bonchev–Trinajstić information content (AvgIpc) is 2.80. The highest BCUT2D eigenvalue weighted by Crippen LogP contribution is 2.17. The summed E-state index contributed by atoms with van der Waals surface area (Å²) in [5.74, 6) is 0.359. The molecule has 0 unspecified atom stereocenters. The minimum absolute atomic E-state index is 0.0873. The van der Waals surface area contributed by atoms with Crippen LogP contribution in [-0.2, 0) is 11.3 Å². The molecule has 0 saturated carbocycles. The number of amides is 3. The zero-order valence-electron chi connectivity index (χ0n) is 17.6. The topological polar surface area (TPSA) is 104 Å². The monoisotopic (exact) mass is 456 g/mol. The summed E-state index contributed by atoms with van der Waals surface area (Å²) in [6.45, 7) is 0.00364. The van der Waals surface area contributed by atoms with Gasteiger partial charge in [0.15, 0.2) is 0 Å². The smallest absolute Gasteiger partial charge is 0.412 e. The normalized spacial score (nSPS) is 11.6. The molecule has 3 rings (SSSR count). The zero-order chi connectivity index (χ0) is 22.9. The van der Waals surface area contributed by atoms with Crippen molar-refractivity contribution in [3.63, 3.8) is 0 Å². The fourth-order valence-corrected chi connectivity index (χ4v) is 3.31. The summed E-state index contributed by atoms with van der Waals surface area (Å²) in [5, 5.41) is 17.2. The quantitative estimate of drug-likeness (QED) is 0.474. The molecule has 0 spiro atoms. The Balaban J connectivity index is 1.53. The first-order valence-electron chi connectivity index (χ1n) is 10.1. The molecule has 3 aromatic rings. The van der Waals surface area contributed by atoms with Crippen molar-refractivity contribution in [1.82, 2.24) is 15.2 Å². The number of aromatic nitrogens is 1. The third-order valence-corrected chi connectivity index (χ3v) is 5.35. The number of nitrogens with one attached hydrogen (secondary N) is 2. The van der Waals surface area contributed by atoms with Gasteiger partial charge in [0.25, 0.3) is 0 Å². The van der Waals surface area contributed by atoms with Crippen LogP contribution >= 0.6 is 11.6 Å². The molecule has 0 aliphatic carbocycles. The van der Waals surface area contributed by atoms with Gasteiger partial charge in [-0.1, -0.05) is 54.1 Å². The molecule has 3 N–H and O–H groups in total. The van der Waals surface area contributed by atoms with Crippen LogP contribution in [0.2, 0.25) is 5.02 Å². The standard InChI is InChI=1S/C23H25ClN4O4/c1-28(22(30)26-14-18-8-4-5-9-20(18)24)19(10-11-29)15-32-23(31)27-21-12-16-6-2-3-7-17(16)13-25-21/h2-9,12-13,19,29H,10-11,14-15H2,1H3,(H,26,30)(H,25,27,31)/t19-/m0/s1. The van der Waals surface area contributed by atoms with Gasteiger partial charge >= 0.3 is 12.1 Å². The van der Waals surface area contributed by atoms with E-state index in [9.17, 15) is 14.7 Å². The second kappa shape index (κ2) is 11.3. The summed E-state index contributed by atoms with van der Waals surface area (Å²) < 4.78 is 5.28. The van der Waals surface area contributed by atoms with Crippen LogP contribution in [0.5, 0.6) is 0 Å². The highest BCUT2D eigenvalue weighted by atomic mass is 35.5. The Labute approximate surface area is 191 Å². The van der Waals surface area contributed by atoms with Crippen molar-refractivity contribution in [2.24, 2.45) is 0 Å². The van der Waals surface area contributed by atoms with Gasteiger partial charge < -0.3 is 20.1 Å². The van der Waals surface area contributed by atoms with Crippen LogP contribution in [-0.4, -0.2) is 53.4 Å². The average molecular weight is 457 g/mol. The molecule has 0 aliphatic rings. The Morgan fingerprint density at radius 3 is 2.62 bits per heavy atom. The fraction of sp³-hybridized carbons (Fsp3) is 0.261. The van der Waals surface area contributed by atoms with Gasteiger partial charge in [0.05, 0.1) is 6.04 Å². The van der Waals surface area contributed by atoms with Crippen LogP contribution in [0, 0.1) is 0 Å². The molecular formula is C23H25ClN4O4. The number of likely N-dealkylation sites (N-methyl/N-ethyl adjacent to an activating group) is 1. The van der Waals surface area contributed by atoms with Gasteiger partial charge in [-0.05, 0) is 29.5 Å². The van der Waals surface area contributed by atoms with Crippen molar-refractivity contribution in [2.75, 3.05) is 25.6 Å². The number of pyridine rings is 1. The Morgan fingerprint density at radius 2 is 1.88 bits per heavy atom. The van der Waals surface area contributed by atoms with Crippen molar-refractivity contribution in [3.05, 3.63) is 71.4 Å². The fourth-order valence-electron chi connectivity index (χ4n) is 3.11. The summed E-state index contributed by atoms with van der Waals surface area (Å²) in [6, 6.07) is 15.7. The van der Waals surface area contributed by atoms with Gasteiger partial charge in [-0.25, -0.2) is 14.6 Å². The molecule has 8 nitrogen and oxygen atoms in total. The number of hydrogen-bond donors (Lipinski definition) is 3. The van der Waals surface area contributed by atoms with E-state index in [0.717, 1.165) is 16.3 Å². The number of aliphatic hydroxyl groups excluding tert-OH is 1. The highest BCUT2D eigenvalue weighted by Gasteiger charge is 2.21. The van der Waals surface area contributed by atoms with E-state index in [1.165, 1.54) is 4.90 Å². The molecular weight excluding hydrogens is 432 g/mol. The molecule has 1 heterocycles. The van der Waals surface area contributed by atoms with Gasteiger partial charge in [-0.2, -0.15) is 0 Å². The van der Waals surface area contributed by atoms with E-state index in [2.05, 4.69) is 15.6 Å². The van der Waals surface area contributed by atoms with Crippen LogP contribution in [0.15, 0.2) is 60.8 Å². The lowest BCUT2D eigenvalue weighted by atomic mass is 10.2. The Morgan fingerprint density at radius 1 is 1.16 bits per heavy atom. The van der Waals surface area contributed by atoms with Crippen molar-refractivity contribution in [1.29, 1.82) is 0 Å². The van der Waals surface area contributed by atoms with Crippen LogP contribution in [0.25, 0.3) is 10.8 Å². The first-order valence-corrected chi connectivity index (χ1v) is 10.5. The van der Waals surface area contributed by atoms with Crippen LogP contribution in [0.1, 0.15) is 12.0 Å². The van der Waals surface area contributed by atoms with E-state index in [0.29, 0.717) is 10.8 Å². The number of rotatable bonds is 8. The number of carbonyl (C=O) groups is 2. The van der Waals surface area contributed by atoms with E-state index < -0.39 is 12.1 Å². The summed E-state index contributed by atoms with van der Waals surface area (Å²) >= 11 is 6.12. The van der Waals surface area contributed by atoms with Crippen LogP contribution in [0.3, 0.4) is 0 Å². The molecule has 0 radical (unpaired) electrons. The molecule has 1 atom stereocenters. The summed E-state index contributed by atoms with van der Waals surface area (Å²) in [7, 11) is 1.58. The Bertz CT molecular complexity index is 1080.